The minimum absolute atomic E-state index is 0.0556. The summed E-state index contributed by atoms with van der Waals surface area (Å²) in [5, 5.41) is 19.0. The number of nitrogens with one attached hydrogen (secondary N) is 1. The van der Waals surface area contributed by atoms with E-state index < -0.39 is 5.23 Å². The smallest absolute Gasteiger partial charge is 0.173 e. The number of thioether (sulfide) groups is 1. The summed E-state index contributed by atoms with van der Waals surface area (Å²) in [6.07, 6.45) is 0. The van der Waals surface area contributed by atoms with Crippen LogP contribution in [-0.2, 0) is 0 Å². The van der Waals surface area contributed by atoms with Gasteiger partial charge < -0.3 is 10.9 Å². The molecule has 4 N–H and O–H groups in total. The molecule has 0 radical (unpaired) electrons. The van der Waals surface area contributed by atoms with Gasteiger partial charge in [0.1, 0.15) is 0 Å². The summed E-state index contributed by atoms with van der Waals surface area (Å²) in [6.45, 7) is 0. The minimum Gasteiger partial charge on any atom is -0.595 e. The number of nitrogens with two attached hydrogens (primary N) is 1. The van der Waals surface area contributed by atoms with Crippen molar-refractivity contribution in [2.45, 2.75) is 0 Å². The van der Waals surface area contributed by atoms with Crippen LogP contribution in [-0.4, -0.2) is 21.9 Å². The third kappa shape index (κ3) is 5.45. The van der Waals surface area contributed by atoms with Crippen molar-refractivity contribution in [1.82, 2.24) is 0 Å². The molecule has 0 aliphatic carbocycles. The van der Waals surface area contributed by atoms with Crippen molar-refractivity contribution < 1.29 is 15.2 Å². The van der Waals surface area contributed by atoms with Crippen LogP contribution in [0.3, 0.4) is 0 Å². The monoisotopic (exact) mass is 395 g/mol. The van der Waals surface area contributed by atoms with Gasteiger partial charge in [-0.2, -0.15) is 5.23 Å². The summed E-state index contributed by atoms with van der Waals surface area (Å²) in [5.74, 6) is 0.107. The van der Waals surface area contributed by atoms with Crippen molar-refractivity contribution in [2.24, 2.45) is 10.7 Å². The molecular weight excluding hydrogens is 382 g/mol. The van der Waals surface area contributed by atoms with Gasteiger partial charge >= 0.3 is 0 Å². The first-order valence-electron chi connectivity index (χ1n) is 6.55. The van der Waals surface area contributed by atoms with Crippen LogP contribution in [0.2, 0.25) is 0 Å². The highest BCUT2D eigenvalue weighted by Crippen LogP contribution is 2.18. The number of benzene rings is 2. The number of nitrogens with zero attached hydrogens (tertiary/aromatic N) is 1. The van der Waals surface area contributed by atoms with Crippen LogP contribution < -0.4 is 11.0 Å². The molecule has 0 aromatic heterocycles. The summed E-state index contributed by atoms with van der Waals surface area (Å²) in [4.78, 5) is 16.1. The second kappa shape index (κ2) is 8.23. The van der Waals surface area contributed by atoms with E-state index in [-0.39, 0.29) is 22.4 Å². The average molecular weight is 396 g/mol. The van der Waals surface area contributed by atoms with Crippen molar-refractivity contribution in [2.75, 3.05) is 5.75 Å². The van der Waals surface area contributed by atoms with E-state index in [1.807, 2.05) is 0 Å². The lowest BCUT2D eigenvalue weighted by Gasteiger charge is -2.11. The molecular formula is C15H14BrN3O3S. The van der Waals surface area contributed by atoms with Crippen LogP contribution in [0.15, 0.2) is 58.0 Å². The number of aliphatic imine (C=N–C) groups is 1. The van der Waals surface area contributed by atoms with Crippen molar-refractivity contribution in [3.63, 3.8) is 0 Å². The van der Waals surface area contributed by atoms with Crippen LogP contribution in [0.25, 0.3) is 0 Å². The maximum atomic E-state index is 12.0. The SMILES string of the molecule is NC(=Nc1cccc([NH+]([O-])O)c1)SCC(=O)c1ccc(Br)cc1. The maximum absolute atomic E-state index is 12.0. The zero-order valence-electron chi connectivity index (χ0n) is 11.9. The quantitative estimate of drug-likeness (QED) is 0.312. The Morgan fingerprint density at radius 2 is 2.00 bits per heavy atom. The number of Topliss-reactive ketones (excluding diaryl/α,β-unsaturated/α-hetero) is 1. The van der Waals surface area contributed by atoms with E-state index in [9.17, 15) is 10.0 Å². The fourth-order valence-corrected chi connectivity index (χ4v) is 2.61. The van der Waals surface area contributed by atoms with Gasteiger partial charge in [-0.3, -0.25) is 4.79 Å². The maximum Gasteiger partial charge on any atom is 0.173 e. The summed E-state index contributed by atoms with van der Waals surface area (Å²) >= 11 is 4.42. The van der Waals surface area contributed by atoms with E-state index in [1.165, 1.54) is 12.1 Å². The van der Waals surface area contributed by atoms with Crippen LogP contribution in [0.1, 0.15) is 10.4 Å². The molecule has 1 unspecified atom stereocenters. The minimum atomic E-state index is -1.03. The average Bonchev–Trinajstić information content (AvgIpc) is 2.53. The van der Waals surface area contributed by atoms with E-state index >= 15 is 0 Å². The Hall–Kier alpha value is -1.71. The number of hydrogen-bond donors (Lipinski definition) is 3. The van der Waals surface area contributed by atoms with Gasteiger partial charge in [0.2, 0.25) is 0 Å². The highest BCUT2D eigenvalue weighted by Gasteiger charge is 2.08. The molecule has 2 aromatic carbocycles. The number of rotatable bonds is 5. The van der Waals surface area contributed by atoms with E-state index in [0.717, 1.165) is 16.2 Å². The highest BCUT2D eigenvalue weighted by molar-refractivity contribution is 9.10. The van der Waals surface area contributed by atoms with Gasteiger partial charge in [-0.05, 0) is 18.2 Å². The molecule has 0 aliphatic heterocycles. The molecule has 2 aromatic rings. The first-order chi connectivity index (χ1) is 11.0. The first kappa shape index (κ1) is 17.6. The van der Waals surface area contributed by atoms with Gasteiger partial charge in [0.05, 0.1) is 11.4 Å². The molecule has 0 amide bonds. The Bertz CT molecular complexity index is 720. The Morgan fingerprint density at radius 3 is 2.65 bits per heavy atom. The molecule has 0 fully saturated rings. The van der Waals surface area contributed by atoms with Crippen molar-refractivity contribution in [3.05, 3.63) is 63.8 Å². The number of ketones is 1. The van der Waals surface area contributed by atoms with Crippen LogP contribution >= 0.6 is 27.7 Å². The standard InChI is InChI=1S/C15H14BrN3O3S/c16-11-6-4-10(5-7-11)14(20)9-23-15(17)18-12-2-1-3-13(8-12)19(21)22/h1-8,19,21H,9H2,(H2,17,18). The van der Waals surface area contributed by atoms with Gasteiger partial charge in [-0.15, -0.1) is 0 Å². The van der Waals surface area contributed by atoms with Gasteiger partial charge in [-0.1, -0.05) is 45.9 Å². The largest absolute Gasteiger partial charge is 0.595 e. The topological polar surface area (TPSA) is 103 Å². The lowest BCUT2D eigenvalue weighted by molar-refractivity contribution is -0.991. The fraction of sp³-hybridized carbons (Fsp3) is 0.0667. The van der Waals surface area contributed by atoms with E-state index in [2.05, 4.69) is 20.9 Å². The molecule has 120 valence electrons. The van der Waals surface area contributed by atoms with Crippen molar-refractivity contribution in [1.29, 1.82) is 0 Å². The molecule has 1 atom stereocenters. The normalized spacial score (nSPS) is 12.9. The molecule has 0 heterocycles. The van der Waals surface area contributed by atoms with E-state index in [0.29, 0.717) is 11.3 Å². The molecule has 0 aliphatic rings. The Morgan fingerprint density at radius 1 is 1.30 bits per heavy atom. The van der Waals surface area contributed by atoms with E-state index in [4.69, 9.17) is 10.9 Å². The summed E-state index contributed by atoms with van der Waals surface area (Å²) in [6, 6.07) is 13.2. The molecule has 0 saturated carbocycles. The third-order valence-electron chi connectivity index (χ3n) is 2.85. The number of halogens is 1. The van der Waals surface area contributed by atoms with Crippen molar-refractivity contribution in [3.8, 4) is 0 Å². The summed E-state index contributed by atoms with van der Waals surface area (Å²) < 4.78 is 0.904. The number of hydrogen-bond acceptors (Lipinski definition) is 5. The lowest BCUT2D eigenvalue weighted by Crippen LogP contribution is -2.99. The van der Waals surface area contributed by atoms with E-state index in [1.54, 1.807) is 36.4 Å². The highest BCUT2D eigenvalue weighted by atomic mass is 79.9. The Balaban J connectivity index is 1.98. The zero-order chi connectivity index (χ0) is 16.8. The first-order valence-corrected chi connectivity index (χ1v) is 8.32. The predicted molar refractivity (Wildman–Crippen MR) is 94.4 cm³/mol. The number of carbonyl (C=O) groups is 1. The van der Waals surface area contributed by atoms with Gasteiger partial charge in [0, 0.05) is 22.2 Å². The molecule has 0 spiro atoms. The Kier molecular flexibility index (Phi) is 6.31. The summed E-state index contributed by atoms with van der Waals surface area (Å²) in [5.41, 5.74) is 6.96. The molecule has 0 saturated heterocycles. The Labute approximate surface area is 145 Å². The lowest BCUT2D eigenvalue weighted by atomic mass is 10.2. The predicted octanol–water partition coefficient (Wildman–Crippen LogP) is 2.41. The zero-order valence-corrected chi connectivity index (χ0v) is 14.3. The van der Waals surface area contributed by atoms with Crippen LogP contribution in [0, 0.1) is 5.21 Å². The molecule has 23 heavy (non-hydrogen) atoms. The second-order valence-corrected chi connectivity index (χ2v) is 6.44. The van der Waals surface area contributed by atoms with Gasteiger partial charge in [0.15, 0.2) is 16.6 Å². The number of amidine groups is 1. The molecule has 0 bridgehead atoms. The van der Waals surface area contributed by atoms with Crippen LogP contribution in [0.4, 0.5) is 11.4 Å². The van der Waals surface area contributed by atoms with Crippen LogP contribution in [0.5, 0.6) is 0 Å². The molecule has 6 nitrogen and oxygen atoms in total. The number of quaternary nitrogens is 1. The number of carbonyl (C=O) groups excluding carboxylic acids is 1. The van der Waals surface area contributed by atoms with Gasteiger partial charge in [0.25, 0.3) is 0 Å². The molecule has 2 rings (SSSR count). The molecule has 8 heteroatoms. The third-order valence-corrected chi connectivity index (χ3v) is 4.17. The summed E-state index contributed by atoms with van der Waals surface area (Å²) in [7, 11) is 0. The fourth-order valence-electron chi connectivity index (χ4n) is 1.73. The van der Waals surface area contributed by atoms with Gasteiger partial charge in [-0.25, -0.2) is 10.2 Å². The second-order valence-electron chi connectivity index (χ2n) is 4.52. The van der Waals surface area contributed by atoms with Crippen molar-refractivity contribution >= 4 is 50.0 Å².